The summed E-state index contributed by atoms with van der Waals surface area (Å²) in [7, 11) is 0. The molecule has 0 amide bonds. The minimum Gasteiger partial charge on any atom is -0.507 e. The van der Waals surface area contributed by atoms with Gasteiger partial charge in [-0.2, -0.15) is 0 Å². The van der Waals surface area contributed by atoms with E-state index in [1.807, 2.05) is 147 Å². The number of aromatic hydroxyl groups is 1. The molecule has 10 rings (SSSR count). The normalized spacial score (nSPS) is 16.5. The molecule has 5 heteroatoms. The molecule has 0 saturated carbocycles. The smallest absolute Gasteiger partial charge is 0.148 e. The summed E-state index contributed by atoms with van der Waals surface area (Å²) in [6, 6.07) is 40.8. The van der Waals surface area contributed by atoms with Crippen molar-refractivity contribution < 1.29 is 52.2 Å². The number of hydrogen-bond donors (Lipinski definition) is 1. The van der Waals surface area contributed by atoms with E-state index in [4.69, 9.17) is 26.9 Å². The Bertz CT molecular complexity index is 4400. The van der Waals surface area contributed by atoms with Crippen LogP contribution in [0.3, 0.4) is 0 Å². The van der Waals surface area contributed by atoms with Crippen LogP contribution in [-0.4, -0.2) is 19.6 Å². The molecule has 10 aromatic rings. The van der Waals surface area contributed by atoms with Gasteiger partial charge < -0.3 is 5.11 Å². The van der Waals surface area contributed by atoms with Crippen molar-refractivity contribution in [2.75, 3.05) is 0 Å². The summed E-state index contributed by atoms with van der Waals surface area (Å²) >= 11 is 0. The van der Waals surface area contributed by atoms with E-state index in [0.29, 0.717) is 72.4 Å². The maximum atomic E-state index is 12.8. The Morgan fingerprint density at radius 2 is 1.18 bits per heavy atom. The van der Waals surface area contributed by atoms with Crippen LogP contribution in [0.2, 0.25) is 0 Å². The maximum absolute atomic E-state index is 12.8. The van der Waals surface area contributed by atoms with E-state index in [-0.39, 0.29) is 49.5 Å². The SMILES string of the molecule is [2H]c1nc(-c2[c-]c(-c3cccc4c3nc(-c3cc(C(C)(C)C)cc(C(C)(C)C)c3O)n4-c3cc(-c4ccccc4)c(C([2H])([2H])[2H])cc3-c3ccccc3)cc(-c3ccccc3)c2)c([2H])c(-c2c([2H])c([2H])c(C(C([2H])([2H])[2H])(C([2H])([2H])[2H])C([2H])([2H])[2H])c([2H])c2[2H])c1[2H].[Pt]. The number of phenolic OH excluding ortho intramolecular Hbond substituents is 1. The largest absolute Gasteiger partial charge is 0.507 e. The number of aromatic nitrogens is 3. The second-order valence-corrected chi connectivity index (χ2v) is 19.8. The molecule has 0 aliphatic rings. The van der Waals surface area contributed by atoms with Gasteiger partial charge in [0.15, 0.2) is 0 Å². The Labute approximate surface area is 467 Å². The minimum absolute atomic E-state index is 0. The van der Waals surface area contributed by atoms with Crippen LogP contribution in [0.15, 0.2) is 188 Å². The topological polar surface area (TPSA) is 50.9 Å². The van der Waals surface area contributed by atoms with E-state index in [2.05, 4.69) is 31.8 Å². The number of hydrogen-bond acceptors (Lipinski definition) is 3. The molecule has 1 N–H and O–H groups in total. The van der Waals surface area contributed by atoms with Gasteiger partial charge in [0.05, 0.1) is 31.9 Å². The van der Waals surface area contributed by atoms with E-state index in [1.165, 1.54) is 0 Å². The first-order valence-electron chi connectivity index (χ1n) is 32.7. The molecule has 0 fully saturated rings. The number of fused-ring (bicyclic) bond motifs is 1. The third-order valence-corrected chi connectivity index (χ3v) is 12.6. The Balaban J connectivity index is 0.00000980. The molecular formula is C67H62N3OPt-. The van der Waals surface area contributed by atoms with Crippen LogP contribution >= 0.6 is 0 Å². The van der Waals surface area contributed by atoms with Crippen LogP contribution in [0.1, 0.15) is 110 Å². The second kappa shape index (κ2) is 19.5. The average Bonchev–Trinajstić information content (AvgIpc) is 1.11. The zero-order valence-electron chi connectivity index (χ0n) is 59.5. The van der Waals surface area contributed by atoms with Gasteiger partial charge >= 0.3 is 0 Å². The van der Waals surface area contributed by atoms with Gasteiger partial charge in [0.1, 0.15) is 11.6 Å². The van der Waals surface area contributed by atoms with Gasteiger partial charge in [0.25, 0.3) is 0 Å². The fraction of sp³-hybridized carbons (Fsp3) is 0.194. The number of benzene rings is 8. The summed E-state index contributed by atoms with van der Waals surface area (Å²) in [6.07, 6.45) is -0.801. The molecule has 4 nitrogen and oxygen atoms in total. The van der Waals surface area contributed by atoms with Gasteiger partial charge in [-0.15, -0.1) is 23.8 Å². The van der Waals surface area contributed by atoms with E-state index in [1.54, 1.807) is 24.3 Å². The van der Waals surface area contributed by atoms with Crippen molar-refractivity contribution >= 4 is 11.0 Å². The van der Waals surface area contributed by atoms with Gasteiger partial charge in [-0.05, 0) is 103 Å². The van der Waals surface area contributed by atoms with Gasteiger partial charge in [-0.25, -0.2) is 4.98 Å². The summed E-state index contributed by atoms with van der Waals surface area (Å²) < 4.78 is 168. The van der Waals surface area contributed by atoms with Crippen LogP contribution < -0.4 is 0 Å². The Morgan fingerprint density at radius 3 is 1.81 bits per heavy atom. The number of phenols is 1. The third kappa shape index (κ3) is 9.78. The molecule has 362 valence electrons. The molecule has 8 aromatic carbocycles. The first-order chi connectivity index (χ1) is 41.8. The zero-order valence-corrected chi connectivity index (χ0v) is 42.7. The van der Waals surface area contributed by atoms with E-state index >= 15 is 0 Å². The number of pyridine rings is 1. The second-order valence-electron chi connectivity index (χ2n) is 19.8. The van der Waals surface area contributed by atoms with E-state index in [9.17, 15) is 9.22 Å². The fourth-order valence-corrected chi connectivity index (χ4v) is 8.86. The summed E-state index contributed by atoms with van der Waals surface area (Å²) in [5.41, 5.74) is -0.568. The molecule has 72 heavy (non-hydrogen) atoms. The number of para-hydroxylation sites is 1. The van der Waals surface area contributed by atoms with E-state index in [0.717, 1.165) is 5.56 Å². The van der Waals surface area contributed by atoms with Crippen LogP contribution in [-0.2, 0) is 37.3 Å². The predicted octanol–water partition coefficient (Wildman–Crippen LogP) is 17.8. The van der Waals surface area contributed by atoms with Crippen LogP contribution in [0.5, 0.6) is 5.75 Å². The predicted molar refractivity (Wildman–Crippen MR) is 298 cm³/mol. The minimum atomic E-state index is -3.96. The molecule has 0 aliphatic heterocycles. The number of nitrogens with zero attached hydrogens (tertiary/aromatic N) is 3. The first-order valence-corrected chi connectivity index (χ1v) is 23.2. The molecule has 0 saturated heterocycles. The summed E-state index contributed by atoms with van der Waals surface area (Å²) in [5.74, 6) is 0.252. The summed E-state index contributed by atoms with van der Waals surface area (Å²) in [4.78, 5) is 9.95. The van der Waals surface area contributed by atoms with Crippen molar-refractivity contribution in [3.63, 3.8) is 0 Å². The molecule has 0 aliphatic carbocycles. The van der Waals surface area contributed by atoms with Crippen LogP contribution in [0.4, 0.5) is 0 Å². The number of imidazole rings is 1. The first kappa shape index (κ1) is 31.4. The molecule has 0 unspecified atom stereocenters. The number of rotatable bonds is 8. The average molecular weight is 1140 g/mol. The summed E-state index contributed by atoms with van der Waals surface area (Å²) in [5, 5.41) is 12.8. The van der Waals surface area contributed by atoms with Crippen molar-refractivity contribution in [2.24, 2.45) is 0 Å². The van der Waals surface area contributed by atoms with Crippen molar-refractivity contribution in [1.82, 2.24) is 14.5 Å². The fourth-order valence-electron chi connectivity index (χ4n) is 8.86. The number of aryl methyl sites for hydroxylation is 1. The van der Waals surface area contributed by atoms with Crippen molar-refractivity contribution in [3.05, 3.63) is 216 Å². The van der Waals surface area contributed by atoms with Gasteiger partial charge in [0, 0.05) is 60.5 Å². The van der Waals surface area contributed by atoms with Gasteiger partial charge in [-0.3, -0.25) is 9.55 Å². The van der Waals surface area contributed by atoms with Gasteiger partial charge in [-0.1, -0.05) is 218 Å². The molecule has 2 aromatic heterocycles. The maximum Gasteiger partial charge on any atom is 0.148 e. The molecular weight excluding hydrogens is 1060 g/mol. The monoisotopic (exact) mass is 1140 g/mol. The molecule has 0 radical (unpaired) electrons. The van der Waals surface area contributed by atoms with Gasteiger partial charge in [0.2, 0.25) is 0 Å². The molecule has 0 bridgehead atoms. The van der Waals surface area contributed by atoms with Crippen LogP contribution in [0.25, 0.3) is 95.0 Å². The molecule has 0 atom stereocenters. The third-order valence-electron chi connectivity index (χ3n) is 12.6. The molecule has 0 spiro atoms. The standard InChI is InChI=1S/C67H62N3O.Pt/c1-43-35-56(47-25-18-13-19-26-47)61(42-55(43)46-23-16-12-17-24-46)70-60-28-20-27-54(62(60)69-64(70)57-40-53(66(5,6)7)41-58(63(57)71)67(8,9)10)50-36-49(44-21-14-11-15-22-44)37-51(38-50)59-39-48(33-34-68-59)45-29-31-52(32-30-45)65(2,3)4;/h11-37,39-42,71H,1-10H3;/q-1;/i1D3,2D3,3D3,4D3,29D,30D,31D,32D,33D,34D,39D;. The zero-order chi connectivity index (χ0) is 65.9. The van der Waals surface area contributed by atoms with Crippen molar-refractivity contribution in [1.29, 1.82) is 0 Å². The van der Waals surface area contributed by atoms with Crippen LogP contribution in [0, 0.1) is 12.9 Å². The Hall–Kier alpha value is -7.13. The van der Waals surface area contributed by atoms with Crippen molar-refractivity contribution in [2.45, 2.75) is 85.2 Å². The molecule has 2 heterocycles. The van der Waals surface area contributed by atoms with Crippen molar-refractivity contribution in [3.8, 4) is 89.7 Å². The Kier molecular flexibility index (Phi) is 8.48. The van der Waals surface area contributed by atoms with E-state index < -0.39 is 103 Å². The Morgan fingerprint density at radius 1 is 0.542 bits per heavy atom. The quantitative estimate of drug-likeness (QED) is 0.154. The summed E-state index contributed by atoms with van der Waals surface area (Å²) in [6.45, 7) is -2.24.